The van der Waals surface area contributed by atoms with Gasteiger partial charge >= 0.3 is 0 Å². The molecule has 0 aliphatic heterocycles. The number of halogens is 4. The molecule has 0 unspecified atom stereocenters. The lowest BCUT2D eigenvalue weighted by molar-refractivity contribution is 0.332. The minimum atomic E-state index is -4.14. The van der Waals surface area contributed by atoms with Crippen LogP contribution in [0.1, 0.15) is 11.3 Å². The summed E-state index contributed by atoms with van der Waals surface area (Å²) in [6.07, 6.45) is 0.674. The molecular formula is C18H13F4NO3S. The summed E-state index contributed by atoms with van der Waals surface area (Å²) in [6.45, 7) is 0.397. The fraction of sp³-hybridized carbons (Fsp3) is 0.167. The van der Waals surface area contributed by atoms with Gasteiger partial charge in [-0.2, -0.15) is 0 Å². The third kappa shape index (κ3) is 3.46. The van der Waals surface area contributed by atoms with Gasteiger partial charge in [0.2, 0.25) is 0 Å². The molecule has 0 bridgehead atoms. The maximum absolute atomic E-state index is 14.3. The summed E-state index contributed by atoms with van der Waals surface area (Å²) in [5.74, 6) is -3.40. The summed E-state index contributed by atoms with van der Waals surface area (Å²) in [6, 6.07) is 5.50. The molecule has 142 valence electrons. The molecule has 0 saturated heterocycles. The highest BCUT2D eigenvalue weighted by atomic mass is 32.2. The highest BCUT2D eigenvalue weighted by molar-refractivity contribution is 7.90. The summed E-state index contributed by atoms with van der Waals surface area (Å²) in [5, 5.41) is 3.73. The molecule has 0 aliphatic carbocycles. The van der Waals surface area contributed by atoms with Crippen molar-refractivity contribution in [3.05, 3.63) is 59.1 Å². The second-order valence-electron chi connectivity index (χ2n) is 5.97. The summed E-state index contributed by atoms with van der Waals surface area (Å²) < 4.78 is 83.4. The topological polar surface area (TPSA) is 60.2 Å². The molecule has 0 aliphatic rings. The van der Waals surface area contributed by atoms with Gasteiger partial charge in [0, 0.05) is 11.8 Å². The van der Waals surface area contributed by atoms with Gasteiger partial charge in [-0.05, 0) is 48.4 Å². The van der Waals surface area contributed by atoms with Crippen molar-refractivity contribution in [2.45, 2.75) is 18.5 Å². The van der Waals surface area contributed by atoms with Crippen molar-refractivity contribution in [1.29, 1.82) is 0 Å². The Balaban J connectivity index is 2.26. The van der Waals surface area contributed by atoms with Gasteiger partial charge in [-0.1, -0.05) is 5.16 Å². The van der Waals surface area contributed by atoms with Crippen molar-refractivity contribution >= 4 is 9.84 Å². The Morgan fingerprint density at radius 2 is 1.63 bits per heavy atom. The van der Waals surface area contributed by atoms with Gasteiger partial charge < -0.3 is 4.52 Å². The van der Waals surface area contributed by atoms with Crippen molar-refractivity contribution < 1.29 is 30.5 Å². The Labute approximate surface area is 152 Å². The molecule has 9 heteroatoms. The fourth-order valence-electron chi connectivity index (χ4n) is 2.76. The minimum Gasteiger partial charge on any atom is -0.357 e. The third-order valence-electron chi connectivity index (χ3n) is 3.97. The van der Waals surface area contributed by atoms with E-state index in [1.54, 1.807) is 0 Å². The number of hydrogen-bond acceptors (Lipinski definition) is 4. The van der Waals surface area contributed by atoms with E-state index in [-0.39, 0.29) is 28.1 Å². The van der Waals surface area contributed by atoms with Crippen molar-refractivity contribution in [2.75, 3.05) is 6.26 Å². The first-order chi connectivity index (χ1) is 12.6. The maximum Gasteiger partial charge on any atom is 0.181 e. The van der Waals surface area contributed by atoms with Crippen LogP contribution in [0.5, 0.6) is 0 Å². The molecule has 0 N–H and O–H groups in total. The summed E-state index contributed by atoms with van der Waals surface area (Å²) >= 11 is 0. The summed E-state index contributed by atoms with van der Waals surface area (Å²) in [4.78, 5) is -1.08. The molecule has 0 fully saturated rings. The summed E-state index contributed by atoms with van der Waals surface area (Å²) in [5.41, 5.74) is 0.495. The second kappa shape index (κ2) is 6.80. The lowest BCUT2D eigenvalue weighted by atomic mass is 9.98. The number of aryl methyl sites for hydroxylation is 1. The van der Waals surface area contributed by atoms with Crippen LogP contribution in [0.25, 0.3) is 22.4 Å². The first-order valence-corrected chi connectivity index (χ1v) is 9.53. The van der Waals surface area contributed by atoms with Crippen LogP contribution in [0.3, 0.4) is 0 Å². The molecule has 3 aromatic rings. The van der Waals surface area contributed by atoms with Crippen LogP contribution in [-0.4, -0.2) is 19.8 Å². The first-order valence-electron chi connectivity index (χ1n) is 7.64. The van der Waals surface area contributed by atoms with E-state index in [1.165, 1.54) is 25.1 Å². The van der Waals surface area contributed by atoms with Crippen LogP contribution in [0.4, 0.5) is 17.6 Å². The average molecular weight is 399 g/mol. The Kier molecular flexibility index (Phi) is 4.81. The van der Waals surface area contributed by atoms with Gasteiger partial charge in [0.25, 0.3) is 0 Å². The predicted molar refractivity (Wildman–Crippen MR) is 89.9 cm³/mol. The monoisotopic (exact) mass is 399 g/mol. The van der Waals surface area contributed by atoms with Crippen LogP contribution in [0.2, 0.25) is 0 Å². The Hall–Kier alpha value is -2.68. The lowest BCUT2D eigenvalue weighted by Crippen LogP contribution is -2.05. The first kappa shape index (κ1) is 19.1. The molecule has 0 atom stereocenters. The number of nitrogens with zero attached hydrogens (tertiary/aromatic N) is 1. The largest absolute Gasteiger partial charge is 0.357 e. The number of aromatic nitrogens is 1. The molecular weight excluding hydrogens is 386 g/mol. The van der Waals surface area contributed by atoms with E-state index < -0.39 is 38.9 Å². The van der Waals surface area contributed by atoms with E-state index in [4.69, 9.17) is 4.52 Å². The minimum absolute atomic E-state index is 0.0404. The van der Waals surface area contributed by atoms with Gasteiger partial charge in [0.05, 0.1) is 5.56 Å². The zero-order valence-corrected chi connectivity index (χ0v) is 15.0. The van der Waals surface area contributed by atoms with E-state index in [0.717, 1.165) is 12.1 Å². The van der Waals surface area contributed by atoms with E-state index >= 15 is 0 Å². The smallest absolute Gasteiger partial charge is 0.181 e. The second-order valence-corrected chi connectivity index (χ2v) is 7.92. The molecule has 0 amide bonds. The van der Waals surface area contributed by atoms with Crippen LogP contribution < -0.4 is 0 Å². The normalized spacial score (nSPS) is 11.8. The highest BCUT2D eigenvalue weighted by Gasteiger charge is 2.25. The van der Waals surface area contributed by atoms with Gasteiger partial charge in [-0.15, -0.1) is 0 Å². The number of rotatable bonds is 4. The third-order valence-corrected chi connectivity index (χ3v) is 5.10. The molecule has 4 nitrogen and oxygen atoms in total. The highest BCUT2D eigenvalue weighted by Crippen LogP contribution is 2.37. The van der Waals surface area contributed by atoms with Crippen molar-refractivity contribution in [3.8, 4) is 22.4 Å². The number of sulfone groups is 1. The Morgan fingerprint density at radius 1 is 1.00 bits per heavy atom. The van der Waals surface area contributed by atoms with Crippen LogP contribution in [0.15, 0.2) is 39.8 Å². The molecule has 1 aromatic heterocycles. The number of benzene rings is 2. The van der Waals surface area contributed by atoms with Crippen LogP contribution in [0, 0.1) is 24.4 Å². The molecule has 3 rings (SSSR count). The zero-order valence-electron chi connectivity index (χ0n) is 14.2. The van der Waals surface area contributed by atoms with Crippen LogP contribution >= 0.6 is 0 Å². The Bertz CT molecular complexity index is 1120. The fourth-order valence-corrected chi connectivity index (χ4v) is 3.59. The van der Waals surface area contributed by atoms with Gasteiger partial charge in [-0.3, -0.25) is 0 Å². The standard InChI is InChI=1S/C18H13F4NO3S/c1-9-5-10(3-4-12(9)20)17-16(15(8-19)26-23-17)11-6-13(21)18(14(22)7-11)27(2,24)25/h3-7H,8H2,1-2H3. The lowest BCUT2D eigenvalue weighted by Gasteiger charge is -2.08. The average Bonchev–Trinajstić information content (AvgIpc) is 2.99. The molecule has 2 aromatic carbocycles. The van der Waals surface area contributed by atoms with Crippen LogP contribution in [-0.2, 0) is 16.5 Å². The van der Waals surface area contributed by atoms with E-state index in [2.05, 4.69) is 5.16 Å². The number of alkyl halides is 1. The molecule has 0 spiro atoms. The molecule has 0 radical (unpaired) electrons. The zero-order chi connectivity index (χ0) is 19.9. The number of hydrogen-bond donors (Lipinski definition) is 0. The van der Waals surface area contributed by atoms with Crippen molar-refractivity contribution in [3.63, 3.8) is 0 Å². The van der Waals surface area contributed by atoms with Crippen molar-refractivity contribution in [1.82, 2.24) is 5.16 Å². The van der Waals surface area contributed by atoms with Gasteiger partial charge in [-0.25, -0.2) is 26.0 Å². The molecule has 0 saturated carbocycles. The summed E-state index contributed by atoms with van der Waals surface area (Å²) in [7, 11) is -4.14. The molecule has 27 heavy (non-hydrogen) atoms. The van der Waals surface area contributed by atoms with E-state index in [0.29, 0.717) is 11.8 Å². The SMILES string of the molecule is Cc1cc(-c2noc(CF)c2-c2cc(F)c(S(C)(=O)=O)c(F)c2)ccc1F. The van der Waals surface area contributed by atoms with Gasteiger partial charge in [0.15, 0.2) is 22.3 Å². The quantitative estimate of drug-likeness (QED) is 0.602. The maximum atomic E-state index is 14.3. The van der Waals surface area contributed by atoms with E-state index in [1.807, 2.05) is 0 Å². The molecule has 1 heterocycles. The predicted octanol–water partition coefficient (Wildman–Crippen LogP) is 4.61. The van der Waals surface area contributed by atoms with Crippen molar-refractivity contribution in [2.24, 2.45) is 0 Å². The van der Waals surface area contributed by atoms with E-state index in [9.17, 15) is 26.0 Å². The Morgan fingerprint density at radius 3 is 2.15 bits per heavy atom. The van der Waals surface area contributed by atoms with Gasteiger partial charge in [0.1, 0.15) is 28.0 Å².